The van der Waals surface area contributed by atoms with E-state index in [2.05, 4.69) is 13.0 Å². The molecule has 7 heteroatoms. The van der Waals surface area contributed by atoms with Gasteiger partial charge in [0.05, 0.1) is 12.5 Å². The summed E-state index contributed by atoms with van der Waals surface area (Å²) in [6.07, 6.45) is 27.9. The molecule has 0 aromatic heterocycles. The average molecular weight is 554 g/mol. The third-order valence-electron chi connectivity index (χ3n) is 8.53. The Morgan fingerprint density at radius 1 is 0.590 bits per heavy atom. The Bertz CT molecular complexity index is 642. The zero-order chi connectivity index (χ0) is 29.5. The van der Waals surface area contributed by atoms with E-state index in [9.17, 15) is 29.7 Å². The van der Waals surface area contributed by atoms with Crippen LogP contribution in [0.25, 0.3) is 0 Å². The summed E-state index contributed by atoms with van der Waals surface area (Å²) in [6, 6.07) is -3.62. The number of carbonyl (C=O) groups excluding carboxylic acids is 1. The molecule has 0 saturated heterocycles. The van der Waals surface area contributed by atoms with Crippen molar-refractivity contribution in [2.24, 2.45) is 0 Å². The number of hydrogen-bond donors (Lipinski definition) is 2. The van der Waals surface area contributed by atoms with Gasteiger partial charge in [0.2, 0.25) is 0 Å². The van der Waals surface area contributed by atoms with Crippen LogP contribution in [-0.4, -0.2) is 57.3 Å². The van der Waals surface area contributed by atoms with Crippen LogP contribution in [0.15, 0.2) is 12.2 Å². The second kappa shape index (κ2) is 22.9. The Hall–Kier alpha value is -1.89. The number of allylic oxidation sites excluding steroid dienone is 2. The standard InChI is InChI=1S/C32H59NO6/c1-5-6-7-8-9-10-11-12-13-14-15-16-17-18-19-20-21-22-23-24-25-26-33(27(2)30(34)35,28(3)31(36)37)29(4)32(38)39/h22-23,27-29H,5-21,24-26H2,1-4H3,(H2-,34,35,36,37,38,39)/b23-22+. The summed E-state index contributed by atoms with van der Waals surface area (Å²) in [5.41, 5.74) is 0. The molecule has 0 bridgehead atoms. The van der Waals surface area contributed by atoms with E-state index in [1.54, 1.807) is 0 Å². The van der Waals surface area contributed by atoms with Crippen molar-refractivity contribution in [2.45, 2.75) is 168 Å². The summed E-state index contributed by atoms with van der Waals surface area (Å²) in [7, 11) is 0. The number of unbranched alkanes of at least 4 members (excludes halogenated alkanes) is 17. The molecule has 0 heterocycles. The van der Waals surface area contributed by atoms with Gasteiger partial charge in [0.1, 0.15) is 6.04 Å². The molecule has 0 aromatic rings. The lowest BCUT2D eigenvalue weighted by Crippen LogP contribution is -2.71. The van der Waals surface area contributed by atoms with E-state index in [1.807, 2.05) is 6.08 Å². The largest absolute Gasteiger partial charge is 0.544 e. The van der Waals surface area contributed by atoms with Crippen molar-refractivity contribution in [2.75, 3.05) is 6.54 Å². The monoisotopic (exact) mass is 553 g/mol. The SMILES string of the molecule is CCCCCCCCCCCCCCCCCC/C=C/CCC[N+](C(C)C(=O)[O-])(C(C)C(=O)O)C(C)C(=O)O. The Morgan fingerprint density at radius 3 is 1.26 bits per heavy atom. The van der Waals surface area contributed by atoms with Crippen molar-refractivity contribution in [3.8, 4) is 0 Å². The molecule has 3 unspecified atom stereocenters. The molecule has 0 saturated carbocycles. The quantitative estimate of drug-likeness (QED) is 0.0651. The first-order valence-corrected chi connectivity index (χ1v) is 15.8. The van der Waals surface area contributed by atoms with E-state index in [1.165, 1.54) is 117 Å². The maximum atomic E-state index is 11.8. The van der Waals surface area contributed by atoms with Gasteiger partial charge in [0, 0.05) is 6.42 Å². The van der Waals surface area contributed by atoms with Crippen LogP contribution in [0.4, 0.5) is 0 Å². The van der Waals surface area contributed by atoms with E-state index < -0.39 is 40.5 Å². The molecular weight excluding hydrogens is 494 g/mol. The molecule has 2 N–H and O–H groups in total. The summed E-state index contributed by atoms with van der Waals surface area (Å²) in [5, 5.41) is 30.9. The fourth-order valence-electron chi connectivity index (χ4n) is 5.72. The van der Waals surface area contributed by atoms with Crippen LogP contribution in [0, 0.1) is 0 Å². The number of rotatable bonds is 27. The molecule has 0 radical (unpaired) electrons. The van der Waals surface area contributed by atoms with Crippen LogP contribution < -0.4 is 5.11 Å². The Balaban J connectivity index is 4.09. The van der Waals surface area contributed by atoms with Gasteiger partial charge in [-0.05, 0) is 40.0 Å². The molecule has 39 heavy (non-hydrogen) atoms. The Kier molecular flexibility index (Phi) is 21.8. The minimum atomic E-state index is -1.43. The minimum Gasteiger partial charge on any atom is -0.544 e. The third kappa shape index (κ3) is 15.5. The van der Waals surface area contributed by atoms with Crippen LogP contribution in [0.1, 0.15) is 150 Å². The van der Waals surface area contributed by atoms with E-state index in [-0.39, 0.29) is 6.54 Å². The summed E-state index contributed by atoms with van der Waals surface area (Å²) in [6.45, 7) is 6.52. The Labute approximate surface area is 238 Å². The fourth-order valence-corrected chi connectivity index (χ4v) is 5.72. The van der Waals surface area contributed by atoms with Gasteiger partial charge in [0.25, 0.3) is 0 Å². The predicted molar refractivity (Wildman–Crippen MR) is 156 cm³/mol. The first-order valence-electron chi connectivity index (χ1n) is 15.8. The van der Waals surface area contributed by atoms with Gasteiger partial charge < -0.3 is 20.1 Å². The zero-order valence-electron chi connectivity index (χ0n) is 25.5. The minimum absolute atomic E-state index is 0.138. The number of quaternary nitrogens is 1. The van der Waals surface area contributed by atoms with Gasteiger partial charge in [-0.1, -0.05) is 115 Å². The number of carboxylic acid groups (broad SMARTS) is 3. The highest BCUT2D eigenvalue weighted by atomic mass is 16.4. The van der Waals surface area contributed by atoms with Crippen LogP contribution in [-0.2, 0) is 14.4 Å². The molecule has 228 valence electrons. The van der Waals surface area contributed by atoms with Crippen molar-refractivity contribution in [3.63, 3.8) is 0 Å². The maximum Gasteiger partial charge on any atom is 0.362 e. The normalized spacial score (nSPS) is 15.6. The van der Waals surface area contributed by atoms with Crippen LogP contribution in [0.3, 0.4) is 0 Å². The molecule has 0 fully saturated rings. The van der Waals surface area contributed by atoms with E-state index in [0.29, 0.717) is 12.8 Å². The molecular formula is C32H59NO6. The van der Waals surface area contributed by atoms with Gasteiger partial charge in [-0.25, -0.2) is 9.59 Å². The fraction of sp³-hybridized carbons (Fsp3) is 0.844. The lowest BCUT2D eigenvalue weighted by atomic mass is 10.0. The average Bonchev–Trinajstić information content (AvgIpc) is 2.90. The molecule has 7 nitrogen and oxygen atoms in total. The maximum absolute atomic E-state index is 11.8. The number of carboxylic acids is 3. The molecule has 0 spiro atoms. The van der Waals surface area contributed by atoms with Crippen molar-refractivity contribution in [3.05, 3.63) is 12.2 Å². The first-order chi connectivity index (χ1) is 18.6. The van der Waals surface area contributed by atoms with Gasteiger partial charge in [-0.3, -0.25) is 4.48 Å². The molecule has 0 aliphatic rings. The van der Waals surface area contributed by atoms with Crippen LogP contribution in [0.5, 0.6) is 0 Å². The molecule has 0 aromatic carbocycles. The van der Waals surface area contributed by atoms with Crippen molar-refractivity contribution < 1.29 is 34.2 Å². The second-order valence-electron chi connectivity index (χ2n) is 11.4. The van der Waals surface area contributed by atoms with Crippen molar-refractivity contribution >= 4 is 17.9 Å². The number of nitrogens with zero attached hydrogens (tertiary/aromatic N) is 1. The number of carbonyl (C=O) groups is 3. The third-order valence-corrected chi connectivity index (χ3v) is 8.53. The van der Waals surface area contributed by atoms with Gasteiger partial charge >= 0.3 is 11.9 Å². The molecule has 0 amide bonds. The highest BCUT2D eigenvalue weighted by Crippen LogP contribution is 2.27. The first kappa shape index (κ1) is 37.1. The smallest absolute Gasteiger partial charge is 0.362 e. The van der Waals surface area contributed by atoms with Gasteiger partial charge in [-0.15, -0.1) is 0 Å². The number of aliphatic carboxylic acids is 3. The highest BCUT2D eigenvalue weighted by molar-refractivity contribution is 5.76. The van der Waals surface area contributed by atoms with Crippen molar-refractivity contribution in [1.29, 1.82) is 0 Å². The molecule has 0 aliphatic carbocycles. The molecule has 0 rings (SSSR count). The molecule has 3 atom stereocenters. The Morgan fingerprint density at radius 2 is 0.923 bits per heavy atom. The summed E-state index contributed by atoms with van der Waals surface area (Å²) >= 11 is 0. The lowest BCUT2D eigenvalue weighted by molar-refractivity contribution is -0.969. The lowest BCUT2D eigenvalue weighted by Gasteiger charge is -2.49. The summed E-state index contributed by atoms with van der Waals surface area (Å²) in [4.78, 5) is 35.3. The number of hydrogen-bond acceptors (Lipinski definition) is 4. The van der Waals surface area contributed by atoms with Crippen molar-refractivity contribution in [1.82, 2.24) is 0 Å². The summed E-state index contributed by atoms with van der Waals surface area (Å²) in [5.74, 6) is -3.86. The topological polar surface area (TPSA) is 115 Å². The van der Waals surface area contributed by atoms with Gasteiger partial charge in [0.15, 0.2) is 12.1 Å². The van der Waals surface area contributed by atoms with Crippen LogP contribution in [0.2, 0.25) is 0 Å². The second-order valence-corrected chi connectivity index (χ2v) is 11.4. The van der Waals surface area contributed by atoms with Gasteiger partial charge in [-0.2, -0.15) is 0 Å². The summed E-state index contributed by atoms with van der Waals surface area (Å²) < 4.78 is -0.569. The molecule has 0 aliphatic heterocycles. The highest BCUT2D eigenvalue weighted by Gasteiger charge is 2.50. The van der Waals surface area contributed by atoms with Crippen LogP contribution >= 0.6 is 0 Å². The van der Waals surface area contributed by atoms with E-state index in [0.717, 1.165) is 12.8 Å². The van der Waals surface area contributed by atoms with E-state index >= 15 is 0 Å². The zero-order valence-corrected chi connectivity index (χ0v) is 25.5. The predicted octanol–water partition coefficient (Wildman–Crippen LogP) is 6.88. The van der Waals surface area contributed by atoms with E-state index in [4.69, 9.17) is 0 Å².